The van der Waals surface area contributed by atoms with Gasteiger partial charge in [0.05, 0.1) is 18.2 Å². The summed E-state index contributed by atoms with van der Waals surface area (Å²) in [6.07, 6.45) is 2.87. The summed E-state index contributed by atoms with van der Waals surface area (Å²) >= 11 is 0. The van der Waals surface area contributed by atoms with Gasteiger partial charge in [0.25, 0.3) is 5.91 Å². The van der Waals surface area contributed by atoms with Crippen LogP contribution in [-0.4, -0.2) is 33.6 Å². The van der Waals surface area contributed by atoms with Gasteiger partial charge in [0.1, 0.15) is 5.82 Å². The smallest absolute Gasteiger partial charge is 0.265 e. The second-order valence-electron chi connectivity index (χ2n) is 5.30. The van der Waals surface area contributed by atoms with Gasteiger partial charge < -0.3 is 16.2 Å². The van der Waals surface area contributed by atoms with Gasteiger partial charge in [-0.15, -0.1) is 0 Å². The van der Waals surface area contributed by atoms with Crippen molar-refractivity contribution in [2.24, 2.45) is 5.84 Å². The first-order valence-electron chi connectivity index (χ1n) is 7.54. The third kappa shape index (κ3) is 4.05. The van der Waals surface area contributed by atoms with Crippen LogP contribution in [0.15, 0.2) is 18.2 Å². The Morgan fingerprint density at radius 2 is 2.17 bits per heavy atom. The van der Waals surface area contributed by atoms with Crippen LogP contribution in [0.25, 0.3) is 10.9 Å². The normalized spacial score (nSPS) is 12.1. The summed E-state index contributed by atoms with van der Waals surface area (Å²) in [6.45, 7) is 2.09. The number of nitrogen functional groups attached to an aromatic ring is 2. The van der Waals surface area contributed by atoms with Gasteiger partial charge in [-0.1, -0.05) is 19.8 Å². The number of hydrogen-bond donors (Lipinski definition) is 5. The molecular weight excluding hydrogens is 296 g/mol. The minimum atomic E-state index is -0.408. The van der Waals surface area contributed by atoms with Crippen molar-refractivity contribution < 1.29 is 9.90 Å². The molecule has 8 nitrogen and oxygen atoms in total. The number of carbonyl (C=O) groups is 1. The summed E-state index contributed by atoms with van der Waals surface area (Å²) in [5.74, 6) is 5.37. The van der Waals surface area contributed by atoms with Crippen LogP contribution in [0.2, 0.25) is 0 Å². The molecule has 0 radical (unpaired) electrons. The van der Waals surface area contributed by atoms with Crippen molar-refractivity contribution in [3.8, 4) is 0 Å². The lowest BCUT2D eigenvalue weighted by atomic mass is 10.1. The number of fused-ring (bicyclic) bond motifs is 1. The van der Waals surface area contributed by atoms with Gasteiger partial charge in [0, 0.05) is 10.9 Å². The fourth-order valence-electron chi connectivity index (χ4n) is 2.34. The molecular formula is C15H22N6O2. The monoisotopic (exact) mass is 318 g/mol. The zero-order valence-electron chi connectivity index (χ0n) is 13.0. The maximum absolute atomic E-state index is 11.6. The SMILES string of the molecule is CCCCC(CO)Nc1nc(N)nc2cc(C(=O)NN)ccc12. The number of nitrogens with two attached hydrogens (primary N) is 2. The summed E-state index contributed by atoms with van der Waals surface area (Å²) in [5.41, 5.74) is 8.75. The standard InChI is InChI=1S/C15H22N6O2/c1-2-3-4-10(8-22)18-13-11-6-5-9(14(23)21-17)7-12(11)19-15(16)20-13/h5-7,10,22H,2-4,8,17H2,1H3,(H,21,23)(H3,16,18,19,20). The van der Waals surface area contributed by atoms with Gasteiger partial charge >= 0.3 is 0 Å². The van der Waals surface area contributed by atoms with Crippen molar-refractivity contribution in [1.29, 1.82) is 0 Å². The number of aliphatic hydroxyl groups is 1. The third-order valence-electron chi connectivity index (χ3n) is 3.57. The van der Waals surface area contributed by atoms with Crippen molar-refractivity contribution >= 4 is 28.6 Å². The molecule has 0 bridgehead atoms. The first kappa shape index (κ1) is 16.9. The number of hydrazine groups is 1. The van der Waals surface area contributed by atoms with E-state index >= 15 is 0 Å². The lowest BCUT2D eigenvalue weighted by Gasteiger charge is -2.18. The molecule has 8 heteroatoms. The second-order valence-corrected chi connectivity index (χ2v) is 5.30. The number of aromatic nitrogens is 2. The lowest BCUT2D eigenvalue weighted by molar-refractivity contribution is 0.0954. The van der Waals surface area contributed by atoms with E-state index in [9.17, 15) is 9.90 Å². The van der Waals surface area contributed by atoms with E-state index in [-0.39, 0.29) is 18.6 Å². The average molecular weight is 318 g/mol. The summed E-state index contributed by atoms with van der Waals surface area (Å²) < 4.78 is 0. The molecule has 1 aromatic carbocycles. The molecule has 1 amide bonds. The van der Waals surface area contributed by atoms with Gasteiger partial charge in [-0.2, -0.15) is 4.98 Å². The van der Waals surface area contributed by atoms with E-state index in [1.54, 1.807) is 18.2 Å². The number of amides is 1. The van der Waals surface area contributed by atoms with Crippen LogP contribution in [0, 0.1) is 0 Å². The molecule has 0 aliphatic rings. The Labute approximate surface area is 134 Å². The largest absolute Gasteiger partial charge is 0.394 e. The number of hydrogen-bond acceptors (Lipinski definition) is 7. The Kier molecular flexibility index (Phi) is 5.67. The number of carbonyl (C=O) groups excluding carboxylic acids is 1. The van der Waals surface area contributed by atoms with Gasteiger partial charge in [-0.3, -0.25) is 10.2 Å². The van der Waals surface area contributed by atoms with Gasteiger partial charge in [-0.25, -0.2) is 10.8 Å². The number of nitrogens with zero attached hydrogens (tertiary/aromatic N) is 2. The van der Waals surface area contributed by atoms with Crippen molar-refractivity contribution in [1.82, 2.24) is 15.4 Å². The highest BCUT2D eigenvalue weighted by Gasteiger charge is 2.13. The molecule has 0 fully saturated rings. The lowest BCUT2D eigenvalue weighted by Crippen LogP contribution is -2.30. The Hall–Kier alpha value is -2.45. The quantitative estimate of drug-likeness (QED) is 0.289. The fraction of sp³-hybridized carbons (Fsp3) is 0.400. The highest BCUT2D eigenvalue weighted by molar-refractivity contribution is 5.99. The molecule has 0 aliphatic carbocycles. The van der Waals surface area contributed by atoms with Crippen molar-refractivity contribution in [2.45, 2.75) is 32.2 Å². The van der Waals surface area contributed by atoms with Crippen LogP contribution in [0.1, 0.15) is 36.5 Å². The molecule has 23 heavy (non-hydrogen) atoms. The Morgan fingerprint density at radius 1 is 1.39 bits per heavy atom. The number of nitrogens with one attached hydrogen (secondary N) is 2. The first-order chi connectivity index (χ1) is 11.1. The van der Waals surface area contributed by atoms with Gasteiger partial charge in [0.15, 0.2) is 0 Å². The molecule has 1 unspecified atom stereocenters. The summed E-state index contributed by atoms with van der Waals surface area (Å²) in [6, 6.07) is 4.85. The van der Waals surface area contributed by atoms with Crippen LogP contribution in [0.4, 0.5) is 11.8 Å². The molecule has 1 atom stereocenters. The molecule has 2 aromatic rings. The van der Waals surface area contributed by atoms with Gasteiger partial charge in [0.2, 0.25) is 5.95 Å². The molecule has 124 valence electrons. The van der Waals surface area contributed by atoms with Crippen LogP contribution in [-0.2, 0) is 0 Å². The summed E-state index contributed by atoms with van der Waals surface area (Å²) in [7, 11) is 0. The molecule has 2 rings (SSSR count). The predicted molar refractivity (Wildman–Crippen MR) is 89.6 cm³/mol. The highest BCUT2D eigenvalue weighted by Crippen LogP contribution is 2.23. The molecule has 0 aliphatic heterocycles. The molecule has 0 spiro atoms. The van der Waals surface area contributed by atoms with Gasteiger partial charge in [-0.05, 0) is 24.6 Å². The van der Waals surface area contributed by atoms with Crippen molar-refractivity contribution in [2.75, 3.05) is 17.7 Å². The molecule has 7 N–H and O–H groups in total. The molecule has 1 aromatic heterocycles. The molecule has 0 saturated carbocycles. The predicted octanol–water partition coefficient (Wildman–Crippen LogP) is 0.779. The van der Waals surface area contributed by atoms with E-state index in [1.807, 2.05) is 0 Å². The fourth-order valence-corrected chi connectivity index (χ4v) is 2.34. The number of rotatable bonds is 7. The first-order valence-corrected chi connectivity index (χ1v) is 7.54. The van der Waals surface area contributed by atoms with Crippen molar-refractivity contribution in [3.63, 3.8) is 0 Å². The van der Waals surface area contributed by atoms with E-state index in [4.69, 9.17) is 11.6 Å². The maximum atomic E-state index is 11.6. The number of anilines is 2. The number of aliphatic hydroxyl groups excluding tert-OH is 1. The van der Waals surface area contributed by atoms with Crippen LogP contribution >= 0.6 is 0 Å². The maximum Gasteiger partial charge on any atom is 0.265 e. The van der Waals surface area contributed by atoms with Crippen LogP contribution in [0.3, 0.4) is 0 Å². The van der Waals surface area contributed by atoms with E-state index in [1.165, 1.54) is 0 Å². The van der Waals surface area contributed by atoms with Crippen LogP contribution in [0.5, 0.6) is 0 Å². The summed E-state index contributed by atoms with van der Waals surface area (Å²) in [5, 5.41) is 13.4. The van der Waals surface area contributed by atoms with Crippen LogP contribution < -0.4 is 22.3 Å². The second kappa shape index (κ2) is 7.70. The minimum absolute atomic E-state index is 0.000929. The zero-order chi connectivity index (χ0) is 16.8. The van der Waals surface area contributed by atoms with Crippen molar-refractivity contribution in [3.05, 3.63) is 23.8 Å². The number of benzene rings is 1. The minimum Gasteiger partial charge on any atom is -0.394 e. The third-order valence-corrected chi connectivity index (χ3v) is 3.57. The molecule has 1 heterocycles. The molecule has 0 saturated heterocycles. The Morgan fingerprint density at radius 3 is 2.83 bits per heavy atom. The highest BCUT2D eigenvalue weighted by atomic mass is 16.3. The van der Waals surface area contributed by atoms with E-state index in [2.05, 4.69) is 27.6 Å². The van der Waals surface area contributed by atoms with E-state index in [0.29, 0.717) is 16.9 Å². The topological polar surface area (TPSA) is 139 Å². The van der Waals surface area contributed by atoms with E-state index < -0.39 is 5.91 Å². The number of unbranched alkanes of at least 4 members (excludes halogenated alkanes) is 1. The Bertz CT molecular complexity index is 691. The zero-order valence-corrected chi connectivity index (χ0v) is 13.0. The summed E-state index contributed by atoms with van der Waals surface area (Å²) in [4.78, 5) is 20.0. The van der Waals surface area contributed by atoms with E-state index in [0.717, 1.165) is 24.6 Å². The average Bonchev–Trinajstić information content (AvgIpc) is 2.56. The Balaban J connectivity index is 2.37.